The third-order valence-corrected chi connectivity index (χ3v) is 7.83. The van der Waals surface area contributed by atoms with Crippen LogP contribution in [-0.2, 0) is 32.8 Å². The van der Waals surface area contributed by atoms with Crippen LogP contribution in [0.5, 0.6) is 17.2 Å². The summed E-state index contributed by atoms with van der Waals surface area (Å²) in [7, 11) is 1.34. The largest absolute Gasteiger partial charge is 0.507 e. The monoisotopic (exact) mass is 547 g/mol. The molecule has 0 saturated heterocycles. The second-order valence-corrected chi connectivity index (χ2v) is 10.3. The van der Waals surface area contributed by atoms with Gasteiger partial charge in [0.05, 0.1) is 12.7 Å². The second kappa shape index (κ2) is 9.54. The Morgan fingerprint density at radius 1 is 1.18 bits per heavy atom. The fraction of sp³-hybridized carbons (Fsp3) is 0.267. The molecule has 3 aromatic rings. The molecule has 0 radical (unpaired) electrons. The molecule has 1 amide bonds. The summed E-state index contributed by atoms with van der Waals surface area (Å²) < 4.78 is 11.3. The molecule has 0 aromatic heterocycles. The van der Waals surface area contributed by atoms with E-state index in [1.165, 1.54) is 20.1 Å². The number of amides is 1. The first-order valence-corrected chi connectivity index (χ1v) is 12.8. The Labute approximate surface area is 229 Å². The summed E-state index contributed by atoms with van der Waals surface area (Å²) in [4.78, 5) is 51.9. The molecular weight excluding hydrogens is 522 g/mol. The number of ketones is 3. The van der Waals surface area contributed by atoms with Crippen molar-refractivity contribution in [3.05, 3.63) is 75.5 Å². The van der Waals surface area contributed by atoms with E-state index in [9.17, 15) is 24.3 Å². The van der Waals surface area contributed by atoms with Crippen LogP contribution in [0.25, 0.3) is 10.8 Å². The number of fused-ring (bicyclic) bond motifs is 4. The van der Waals surface area contributed by atoms with Gasteiger partial charge in [-0.3, -0.25) is 19.2 Å². The first-order chi connectivity index (χ1) is 18.5. The number of rotatable bonds is 6. The molecule has 2 atom stereocenters. The summed E-state index contributed by atoms with van der Waals surface area (Å²) in [6.45, 7) is 4.81. The van der Waals surface area contributed by atoms with Crippen molar-refractivity contribution in [1.29, 1.82) is 0 Å². The second-order valence-electron chi connectivity index (χ2n) is 9.83. The standard InChI is InChI=1S/C30H26ClNO7/c1-5-15-6-7-16-8-9-17(31)10-18(16)19(15)13-32-29(37)25-22(38-4)11-21(35)26-27(25)39-23-12-20(34)24(14(2)33)28(36)30(23,26)3/h6-12,24,35H,5,13H2,1-4H3,(H,32,37)/t24?,30-/m1/s1. The number of carbonyl (C=O) groups excluding carboxylic acids is 4. The highest BCUT2D eigenvalue weighted by molar-refractivity contribution is 6.31. The number of phenols is 1. The van der Waals surface area contributed by atoms with Gasteiger partial charge >= 0.3 is 0 Å². The Hall–Kier alpha value is -4.17. The Morgan fingerprint density at radius 3 is 2.56 bits per heavy atom. The molecular formula is C30H26ClNO7. The van der Waals surface area contributed by atoms with E-state index < -0.39 is 34.6 Å². The summed E-state index contributed by atoms with van der Waals surface area (Å²) in [5.74, 6) is -4.61. The van der Waals surface area contributed by atoms with Gasteiger partial charge in [-0.25, -0.2) is 0 Å². The quantitative estimate of drug-likeness (QED) is 0.433. The highest BCUT2D eigenvalue weighted by atomic mass is 35.5. The number of aryl methyl sites for hydroxylation is 1. The zero-order chi connectivity index (χ0) is 28.2. The molecule has 0 bridgehead atoms. The summed E-state index contributed by atoms with van der Waals surface area (Å²) >= 11 is 6.27. The van der Waals surface area contributed by atoms with Crippen LogP contribution < -0.4 is 14.8 Å². The van der Waals surface area contributed by atoms with Gasteiger partial charge in [0, 0.05) is 23.7 Å². The van der Waals surface area contributed by atoms with Gasteiger partial charge in [-0.2, -0.15) is 0 Å². The van der Waals surface area contributed by atoms with Crippen molar-refractivity contribution in [1.82, 2.24) is 5.32 Å². The maximum absolute atomic E-state index is 13.7. The summed E-state index contributed by atoms with van der Waals surface area (Å²) in [5, 5.41) is 16.3. The van der Waals surface area contributed by atoms with Gasteiger partial charge < -0.3 is 19.9 Å². The summed E-state index contributed by atoms with van der Waals surface area (Å²) in [6.07, 6.45) is 1.82. The average molecular weight is 548 g/mol. The van der Waals surface area contributed by atoms with Crippen molar-refractivity contribution in [2.45, 2.75) is 39.2 Å². The van der Waals surface area contributed by atoms with Crippen molar-refractivity contribution in [3.8, 4) is 17.2 Å². The third-order valence-electron chi connectivity index (χ3n) is 7.59. The molecule has 1 aliphatic heterocycles. The van der Waals surface area contributed by atoms with E-state index in [0.29, 0.717) is 5.02 Å². The lowest BCUT2D eigenvalue weighted by Gasteiger charge is -2.30. The highest BCUT2D eigenvalue weighted by Gasteiger charge is 2.58. The number of hydrogen-bond donors (Lipinski definition) is 2. The molecule has 9 heteroatoms. The zero-order valence-electron chi connectivity index (χ0n) is 21.8. The maximum Gasteiger partial charge on any atom is 0.259 e. The van der Waals surface area contributed by atoms with Gasteiger partial charge in [0.15, 0.2) is 17.3 Å². The number of methoxy groups -OCH3 is 1. The highest BCUT2D eigenvalue weighted by Crippen LogP contribution is 2.56. The minimum absolute atomic E-state index is 0.00893. The average Bonchev–Trinajstić information content (AvgIpc) is 3.20. The normalized spacial score (nSPS) is 19.7. The van der Waals surface area contributed by atoms with Crippen LogP contribution in [0.15, 0.2) is 48.2 Å². The van der Waals surface area contributed by atoms with Crippen molar-refractivity contribution >= 4 is 45.6 Å². The summed E-state index contributed by atoms with van der Waals surface area (Å²) in [5.41, 5.74) is 0.265. The van der Waals surface area contributed by atoms with Gasteiger partial charge in [0.1, 0.15) is 39.9 Å². The lowest BCUT2D eigenvalue weighted by atomic mass is 9.67. The first kappa shape index (κ1) is 26.4. The number of hydrogen-bond acceptors (Lipinski definition) is 7. The predicted octanol–water partition coefficient (Wildman–Crippen LogP) is 4.59. The maximum atomic E-state index is 13.7. The molecule has 5 rings (SSSR count). The van der Waals surface area contributed by atoms with Crippen LogP contribution in [0.4, 0.5) is 0 Å². The number of benzene rings is 3. The Bertz CT molecular complexity index is 1640. The summed E-state index contributed by atoms with van der Waals surface area (Å²) in [6, 6.07) is 10.8. The van der Waals surface area contributed by atoms with Gasteiger partial charge in [-0.05, 0) is 54.3 Å². The molecule has 0 spiro atoms. The Kier molecular flexibility index (Phi) is 6.47. The number of carbonyl (C=O) groups is 4. The molecule has 0 saturated carbocycles. The lowest BCUT2D eigenvalue weighted by molar-refractivity contribution is -0.140. The fourth-order valence-electron chi connectivity index (χ4n) is 5.55. The number of ether oxygens (including phenoxy) is 2. The lowest BCUT2D eigenvalue weighted by Crippen LogP contribution is -2.47. The minimum Gasteiger partial charge on any atom is -0.507 e. The Balaban J connectivity index is 1.59. The molecule has 200 valence electrons. The number of halogens is 1. The Morgan fingerprint density at radius 2 is 1.90 bits per heavy atom. The van der Waals surface area contributed by atoms with E-state index in [1.807, 2.05) is 31.2 Å². The van der Waals surface area contributed by atoms with Crippen molar-refractivity contribution < 1.29 is 33.8 Å². The van der Waals surface area contributed by atoms with Gasteiger partial charge in [0.2, 0.25) is 0 Å². The number of nitrogens with one attached hydrogen (secondary N) is 1. The van der Waals surface area contributed by atoms with Crippen LogP contribution in [-0.4, -0.2) is 35.5 Å². The van der Waals surface area contributed by atoms with Crippen LogP contribution in [0.2, 0.25) is 5.02 Å². The van der Waals surface area contributed by atoms with Crippen molar-refractivity contribution in [2.75, 3.05) is 7.11 Å². The van der Waals surface area contributed by atoms with Gasteiger partial charge in [-0.1, -0.05) is 36.7 Å². The van der Waals surface area contributed by atoms with Gasteiger partial charge in [0.25, 0.3) is 5.91 Å². The van der Waals surface area contributed by atoms with Gasteiger partial charge in [-0.15, -0.1) is 0 Å². The molecule has 3 aromatic carbocycles. The number of Topliss-reactive ketones (excluding diaryl/α,β-unsaturated/α-hetero) is 2. The number of phenolic OH excluding ortho intramolecular Hbond substituents is 1. The van der Waals surface area contributed by atoms with E-state index in [2.05, 4.69) is 5.32 Å². The third kappa shape index (κ3) is 3.98. The smallest absolute Gasteiger partial charge is 0.259 e. The van der Waals surface area contributed by atoms with E-state index in [0.717, 1.165) is 41.3 Å². The molecule has 8 nitrogen and oxygen atoms in total. The van der Waals surface area contributed by atoms with Crippen LogP contribution in [0, 0.1) is 5.92 Å². The molecule has 39 heavy (non-hydrogen) atoms. The van der Waals surface area contributed by atoms with Crippen LogP contribution >= 0.6 is 11.6 Å². The van der Waals surface area contributed by atoms with Crippen LogP contribution in [0.3, 0.4) is 0 Å². The molecule has 1 aliphatic carbocycles. The van der Waals surface area contributed by atoms with E-state index in [4.69, 9.17) is 21.1 Å². The molecule has 0 fully saturated rings. The first-order valence-electron chi connectivity index (χ1n) is 12.4. The van der Waals surface area contributed by atoms with Crippen molar-refractivity contribution in [2.24, 2.45) is 5.92 Å². The van der Waals surface area contributed by atoms with E-state index in [1.54, 1.807) is 6.07 Å². The molecule has 2 N–H and O–H groups in total. The molecule has 1 heterocycles. The minimum atomic E-state index is -1.63. The van der Waals surface area contributed by atoms with Crippen molar-refractivity contribution in [3.63, 3.8) is 0 Å². The molecule has 2 aliphatic rings. The zero-order valence-corrected chi connectivity index (χ0v) is 22.6. The molecule has 1 unspecified atom stereocenters. The number of aromatic hydroxyl groups is 1. The van der Waals surface area contributed by atoms with Crippen LogP contribution in [0.1, 0.15) is 47.8 Å². The SMILES string of the molecule is CCc1ccc2ccc(Cl)cc2c1CNC(=O)c1c(OC)cc(O)c2c1OC1=CC(=O)C(C(C)=O)C(=O)[C@]12C. The van der Waals surface area contributed by atoms with E-state index >= 15 is 0 Å². The topological polar surface area (TPSA) is 119 Å². The van der Waals surface area contributed by atoms with E-state index in [-0.39, 0.29) is 40.7 Å². The number of allylic oxidation sites excluding steroid dienone is 2. The predicted molar refractivity (Wildman–Crippen MR) is 144 cm³/mol. The fourth-order valence-corrected chi connectivity index (χ4v) is 5.72.